The zero-order chi connectivity index (χ0) is 12.3. The lowest BCUT2D eigenvalue weighted by atomic mass is 10.2. The van der Waals surface area contributed by atoms with E-state index in [4.69, 9.17) is 5.73 Å². The fourth-order valence-electron chi connectivity index (χ4n) is 2.18. The van der Waals surface area contributed by atoms with E-state index < -0.39 is 0 Å². The molecule has 5 nitrogen and oxygen atoms in total. The monoisotopic (exact) mass is 235 g/mol. The van der Waals surface area contributed by atoms with Crippen molar-refractivity contribution in [3.63, 3.8) is 0 Å². The minimum Gasteiger partial charge on any atom is -0.394 e. The number of hydrogen-bond donors (Lipinski definition) is 2. The number of nitrogens with zero attached hydrogens (tertiary/aromatic N) is 2. The van der Waals surface area contributed by atoms with Crippen molar-refractivity contribution in [2.75, 3.05) is 13.2 Å². The lowest BCUT2D eigenvalue weighted by molar-refractivity contribution is 0.0677. The van der Waals surface area contributed by atoms with E-state index in [0.717, 1.165) is 12.8 Å². The number of pyridine rings is 1. The van der Waals surface area contributed by atoms with Crippen molar-refractivity contribution in [2.45, 2.75) is 25.4 Å². The highest BCUT2D eigenvalue weighted by Crippen LogP contribution is 2.19. The smallest absolute Gasteiger partial charge is 0.254 e. The van der Waals surface area contributed by atoms with E-state index in [1.807, 2.05) is 0 Å². The topological polar surface area (TPSA) is 79.5 Å². The number of carbonyl (C=O) groups excluding carboxylic acids is 1. The normalized spacial score (nSPS) is 19.6. The minimum atomic E-state index is -0.0445. The average Bonchev–Trinajstić information content (AvgIpc) is 2.86. The molecule has 1 aliphatic heterocycles. The first-order chi connectivity index (χ1) is 8.26. The molecule has 17 heavy (non-hydrogen) atoms. The van der Waals surface area contributed by atoms with Gasteiger partial charge in [-0.15, -0.1) is 0 Å². The molecule has 1 atom stereocenters. The van der Waals surface area contributed by atoms with Crippen LogP contribution in [-0.4, -0.2) is 40.1 Å². The molecule has 0 saturated carbocycles. The molecule has 1 aromatic rings. The summed E-state index contributed by atoms with van der Waals surface area (Å²) in [5.74, 6) is -0.0429. The molecule has 0 aliphatic carbocycles. The summed E-state index contributed by atoms with van der Waals surface area (Å²) in [4.78, 5) is 18.0. The Kier molecular flexibility index (Phi) is 3.71. The third-order valence-corrected chi connectivity index (χ3v) is 3.12. The zero-order valence-electron chi connectivity index (χ0n) is 9.67. The van der Waals surface area contributed by atoms with Crippen LogP contribution >= 0.6 is 0 Å². The number of amides is 1. The molecule has 0 unspecified atom stereocenters. The molecule has 1 amide bonds. The van der Waals surface area contributed by atoms with Crippen LogP contribution in [0.15, 0.2) is 18.3 Å². The number of nitrogens with two attached hydrogens (primary N) is 1. The molecule has 3 N–H and O–H groups in total. The lowest BCUT2D eigenvalue weighted by Gasteiger charge is -2.23. The van der Waals surface area contributed by atoms with Crippen molar-refractivity contribution in [3.8, 4) is 0 Å². The number of rotatable bonds is 3. The van der Waals surface area contributed by atoms with Gasteiger partial charge in [-0.1, -0.05) is 0 Å². The maximum Gasteiger partial charge on any atom is 0.254 e. The molecule has 92 valence electrons. The number of hydrogen-bond acceptors (Lipinski definition) is 4. The molecule has 0 spiro atoms. The van der Waals surface area contributed by atoms with Gasteiger partial charge in [0, 0.05) is 24.8 Å². The molecule has 1 aromatic heterocycles. The summed E-state index contributed by atoms with van der Waals surface area (Å²) in [5, 5.41) is 9.21. The Labute approximate surface area is 100 Å². The first-order valence-corrected chi connectivity index (χ1v) is 5.83. The Morgan fingerprint density at radius 2 is 2.47 bits per heavy atom. The fraction of sp³-hybridized carbons (Fsp3) is 0.500. The van der Waals surface area contributed by atoms with Gasteiger partial charge in [-0.25, -0.2) is 0 Å². The Morgan fingerprint density at radius 3 is 3.18 bits per heavy atom. The minimum absolute atomic E-state index is 0.0283. The molecular formula is C12H17N3O2. The van der Waals surface area contributed by atoms with Crippen molar-refractivity contribution in [3.05, 3.63) is 29.6 Å². The Balaban J connectivity index is 2.18. The molecule has 0 radical (unpaired) electrons. The highest BCUT2D eigenvalue weighted by atomic mass is 16.3. The van der Waals surface area contributed by atoms with Crippen LogP contribution < -0.4 is 5.73 Å². The van der Waals surface area contributed by atoms with Gasteiger partial charge in [-0.3, -0.25) is 9.78 Å². The molecule has 0 aromatic carbocycles. The second-order valence-electron chi connectivity index (χ2n) is 4.22. The van der Waals surface area contributed by atoms with Crippen LogP contribution in [-0.2, 0) is 6.54 Å². The molecule has 2 rings (SSSR count). The summed E-state index contributed by atoms with van der Waals surface area (Å²) in [6.45, 7) is 1.06. The maximum absolute atomic E-state index is 12.2. The first-order valence-electron chi connectivity index (χ1n) is 5.83. The van der Waals surface area contributed by atoms with Gasteiger partial charge in [0.25, 0.3) is 5.91 Å². The molecule has 1 saturated heterocycles. The van der Waals surface area contributed by atoms with E-state index in [9.17, 15) is 9.90 Å². The highest BCUT2D eigenvalue weighted by molar-refractivity contribution is 5.94. The van der Waals surface area contributed by atoms with E-state index in [1.54, 1.807) is 23.2 Å². The third-order valence-electron chi connectivity index (χ3n) is 3.12. The highest BCUT2D eigenvalue weighted by Gasteiger charge is 2.28. The Hall–Kier alpha value is -1.46. The quantitative estimate of drug-likeness (QED) is 0.781. The van der Waals surface area contributed by atoms with Gasteiger partial charge in [-0.05, 0) is 25.0 Å². The summed E-state index contributed by atoms with van der Waals surface area (Å²) in [7, 11) is 0. The molecular weight excluding hydrogens is 218 g/mol. The van der Waals surface area contributed by atoms with E-state index in [2.05, 4.69) is 4.98 Å². The Morgan fingerprint density at radius 1 is 1.65 bits per heavy atom. The Bertz CT molecular complexity index is 408. The second-order valence-corrected chi connectivity index (χ2v) is 4.22. The van der Waals surface area contributed by atoms with Crippen molar-refractivity contribution in [1.82, 2.24) is 9.88 Å². The molecule has 2 heterocycles. The summed E-state index contributed by atoms with van der Waals surface area (Å²) < 4.78 is 0. The van der Waals surface area contributed by atoms with Crippen molar-refractivity contribution < 1.29 is 9.90 Å². The van der Waals surface area contributed by atoms with Crippen LogP contribution in [0.5, 0.6) is 0 Å². The number of carbonyl (C=O) groups is 1. The molecule has 0 bridgehead atoms. The average molecular weight is 235 g/mol. The number of likely N-dealkylation sites (tertiary alicyclic amines) is 1. The van der Waals surface area contributed by atoms with Gasteiger partial charge in [0.05, 0.1) is 18.3 Å². The predicted octanol–water partition coefficient (Wildman–Crippen LogP) is 0.137. The second kappa shape index (κ2) is 5.25. The van der Waals surface area contributed by atoms with Crippen molar-refractivity contribution >= 4 is 5.91 Å². The standard InChI is InChI=1S/C12H17N3O2/c13-7-10-6-9(3-4-14-10)12(17)15-5-1-2-11(15)8-16/h3-4,6,11,16H,1-2,5,7-8,13H2/t11-/m0/s1. The summed E-state index contributed by atoms with van der Waals surface area (Å²) in [5.41, 5.74) is 6.80. The van der Waals surface area contributed by atoms with Gasteiger partial charge in [0.2, 0.25) is 0 Å². The zero-order valence-corrected chi connectivity index (χ0v) is 9.67. The fourth-order valence-corrected chi connectivity index (χ4v) is 2.18. The van der Waals surface area contributed by atoms with E-state index >= 15 is 0 Å². The molecule has 1 aliphatic rings. The first kappa shape index (κ1) is 12.0. The van der Waals surface area contributed by atoms with E-state index in [-0.39, 0.29) is 18.6 Å². The number of aromatic nitrogens is 1. The molecule has 1 fully saturated rings. The van der Waals surface area contributed by atoms with Gasteiger partial charge < -0.3 is 15.7 Å². The van der Waals surface area contributed by atoms with E-state index in [1.165, 1.54) is 0 Å². The van der Waals surface area contributed by atoms with E-state index in [0.29, 0.717) is 24.3 Å². The SMILES string of the molecule is NCc1cc(C(=O)N2CCC[C@H]2CO)ccn1. The van der Waals surface area contributed by atoms with Crippen LogP contribution in [0, 0.1) is 0 Å². The van der Waals surface area contributed by atoms with Crippen LogP contribution in [0.4, 0.5) is 0 Å². The molecule has 5 heteroatoms. The van der Waals surface area contributed by atoms with Crippen LogP contribution in [0.2, 0.25) is 0 Å². The van der Waals surface area contributed by atoms with Crippen molar-refractivity contribution in [1.29, 1.82) is 0 Å². The van der Waals surface area contributed by atoms with Gasteiger partial charge in [0.15, 0.2) is 0 Å². The van der Waals surface area contributed by atoms with Crippen molar-refractivity contribution in [2.24, 2.45) is 5.73 Å². The number of aliphatic hydroxyl groups is 1. The largest absolute Gasteiger partial charge is 0.394 e. The summed E-state index contributed by atoms with van der Waals surface area (Å²) in [6.07, 6.45) is 3.42. The lowest BCUT2D eigenvalue weighted by Crippen LogP contribution is -2.37. The number of aliphatic hydroxyl groups excluding tert-OH is 1. The summed E-state index contributed by atoms with van der Waals surface area (Å²) in [6, 6.07) is 3.36. The van der Waals surface area contributed by atoms with Gasteiger partial charge in [-0.2, -0.15) is 0 Å². The maximum atomic E-state index is 12.2. The van der Waals surface area contributed by atoms with Crippen LogP contribution in [0.25, 0.3) is 0 Å². The van der Waals surface area contributed by atoms with Gasteiger partial charge >= 0.3 is 0 Å². The van der Waals surface area contributed by atoms with Crippen LogP contribution in [0.1, 0.15) is 28.9 Å². The van der Waals surface area contributed by atoms with Crippen LogP contribution in [0.3, 0.4) is 0 Å². The third kappa shape index (κ3) is 2.45. The predicted molar refractivity (Wildman–Crippen MR) is 63.3 cm³/mol. The summed E-state index contributed by atoms with van der Waals surface area (Å²) >= 11 is 0. The van der Waals surface area contributed by atoms with Gasteiger partial charge in [0.1, 0.15) is 0 Å².